The first-order chi connectivity index (χ1) is 17.1. The number of aromatic nitrogens is 1. The summed E-state index contributed by atoms with van der Waals surface area (Å²) >= 11 is 0. The molecule has 1 aromatic heterocycles. The molecule has 0 aliphatic carbocycles. The molecule has 0 saturated carbocycles. The van der Waals surface area contributed by atoms with Crippen molar-refractivity contribution in [3.8, 4) is 17.0 Å². The zero-order chi connectivity index (χ0) is 27.4. The summed E-state index contributed by atoms with van der Waals surface area (Å²) < 4.78 is 78.1. The molecular weight excluding hydrogens is 501 g/mol. The molecule has 7 nitrogen and oxygen atoms in total. The Bertz CT molecular complexity index is 1100. The third-order valence-corrected chi connectivity index (χ3v) is 5.40. The number of alkyl halides is 5. The first-order valence-electron chi connectivity index (χ1n) is 11.6. The second kappa shape index (κ2) is 10.9. The molecule has 1 N–H and O–H groups in total. The molecule has 202 valence electrons. The first kappa shape index (κ1) is 28.1. The van der Waals surface area contributed by atoms with Crippen LogP contribution in [-0.4, -0.2) is 59.6 Å². The third kappa shape index (κ3) is 8.02. The molecule has 0 spiro atoms. The highest BCUT2D eigenvalue weighted by atomic mass is 19.4. The number of hydrogen-bond acceptors (Lipinski definition) is 5. The van der Waals surface area contributed by atoms with Crippen molar-refractivity contribution in [1.82, 2.24) is 15.2 Å². The predicted molar refractivity (Wildman–Crippen MR) is 124 cm³/mol. The van der Waals surface area contributed by atoms with Crippen LogP contribution in [0.1, 0.15) is 49.5 Å². The minimum atomic E-state index is -4.73. The monoisotopic (exact) mass is 529 g/mol. The SMILES string of the molecule is CC(C)(C)OC(=O)NCCOc1ccc(-c2ccc(C(=O)N3CCC(F)(F)CC3)cn2)cc1C(F)(F)F. The molecular formula is C25H28F5N3O4. The van der Waals surface area contributed by atoms with Gasteiger partial charge in [0.1, 0.15) is 18.0 Å². The van der Waals surface area contributed by atoms with Crippen molar-refractivity contribution in [3.63, 3.8) is 0 Å². The number of carbonyl (C=O) groups is 2. The van der Waals surface area contributed by atoms with Crippen LogP contribution in [0.3, 0.4) is 0 Å². The van der Waals surface area contributed by atoms with E-state index in [-0.39, 0.29) is 43.1 Å². The summed E-state index contributed by atoms with van der Waals surface area (Å²) in [6, 6.07) is 6.22. The number of piperidine rings is 1. The molecule has 1 aromatic carbocycles. The standard InChI is InChI=1S/C25H28F5N3O4/c1-23(2,3)37-22(35)31-10-13-36-20-7-5-16(14-18(20)25(28,29)30)19-6-4-17(15-32-19)21(34)33-11-8-24(26,27)9-12-33/h4-7,14-15H,8-13H2,1-3H3,(H,31,35). The second-order valence-corrected chi connectivity index (χ2v) is 9.57. The summed E-state index contributed by atoms with van der Waals surface area (Å²) in [5.41, 5.74) is -1.26. The van der Waals surface area contributed by atoms with Crippen molar-refractivity contribution in [3.05, 3.63) is 47.7 Å². The molecule has 2 heterocycles. The summed E-state index contributed by atoms with van der Waals surface area (Å²) in [5, 5.41) is 2.40. The molecule has 2 amide bonds. The van der Waals surface area contributed by atoms with Crippen molar-refractivity contribution in [2.75, 3.05) is 26.2 Å². The average Bonchev–Trinajstić information content (AvgIpc) is 2.80. The van der Waals surface area contributed by atoms with Crippen LogP contribution in [0.25, 0.3) is 11.3 Å². The van der Waals surface area contributed by atoms with E-state index in [1.807, 2.05) is 0 Å². The molecule has 37 heavy (non-hydrogen) atoms. The van der Waals surface area contributed by atoms with Gasteiger partial charge in [0.15, 0.2) is 0 Å². The number of alkyl carbamates (subject to hydrolysis) is 1. The van der Waals surface area contributed by atoms with E-state index in [0.29, 0.717) is 0 Å². The van der Waals surface area contributed by atoms with Crippen LogP contribution in [0.15, 0.2) is 36.5 Å². The number of hydrogen-bond donors (Lipinski definition) is 1. The van der Waals surface area contributed by atoms with E-state index in [1.165, 1.54) is 29.3 Å². The Morgan fingerprint density at radius 2 is 1.76 bits per heavy atom. The third-order valence-electron chi connectivity index (χ3n) is 5.40. The highest BCUT2D eigenvalue weighted by Crippen LogP contribution is 2.38. The molecule has 0 unspecified atom stereocenters. The smallest absolute Gasteiger partial charge is 0.419 e. The van der Waals surface area contributed by atoms with Crippen LogP contribution in [0, 0.1) is 0 Å². The van der Waals surface area contributed by atoms with Crippen LogP contribution in [0.2, 0.25) is 0 Å². The van der Waals surface area contributed by atoms with Crippen molar-refractivity contribution >= 4 is 12.0 Å². The van der Waals surface area contributed by atoms with Crippen molar-refractivity contribution in [2.45, 2.75) is 51.3 Å². The average molecular weight is 530 g/mol. The van der Waals surface area contributed by atoms with Gasteiger partial charge in [-0.2, -0.15) is 13.2 Å². The van der Waals surface area contributed by atoms with Gasteiger partial charge in [0, 0.05) is 37.7 Å². The van der Waals surface area contributed by atoms with Gasteiger partial charge in [-0.25, -0.2) is 13.6 Å². The van der Waals surface area contributed by atoms with Crippen LogP contribution >= 0.6 is 0 Å². The first-order valence-corrected chi connectivity index (χ1v) is 11.6. The van der Waals surface area contributed by atoms with E-state index in [2.05, 4.69) is 10.3 Å². The summed E-state index contributed by atoms with van der Waals surface area (Å²) in [6.07, 6.45) is -5.07. The number of halogens is 5. The second-order valence-electron chi connectivity index (χ2n) is 9.57. The molecule has 12 heteroatoms. The largest absolute Gasteiger partial charge is 0.491 e. The Morgan fingerprint density at radius 3 is 2.32 bits per heavy atom. The van der Waals surface area contributed by atoms with Gasteiger partial charge in [-0.15, -0.1) is 0 Å². The maximum atomic E-state index is 13.7. The summed E-state index contributed by atoms with van der Waals surface area (Å²) in [5.74, 6) is -3.68. The zero-order valence-electron chi connectivity index (χ0n) is 20.6. The van der Waals surface area contributed by atoms with E-state index < -0.39 is 53.9 Å². The fourth-order valence-corrected chi connectivity index (χ4v) is 3.58. The lowest BCUT2D eigenvalue weighted by Gasteiger charge is -2.31. The fraction of sp³-hybridized carbons (Fsp3) is 0.480. The normalized spacial score (nSPS) is 15.7. The van der Waals surface area contributed by atoms with Gasteiger partial charge in [-0.1, -0.05) is 0 Å². The summed E-state index contributed by atoms with van der Waals surface area (Å²) in [7, 11) is 0. The molecule has 1 aliphatic heterocycles. The molecule has 1 aliphatic rings. The Kier molecular flexibility index (Phi) is 8.28. The molecule has 0 atom stereocenters. The fourth-order valence-electron chi connectivity index (χ4n) is 3.58. The van der Waals surface area contributed by atoms with Gasteiger partial charge in [0.25, 0.3) is 11.8 Å². The Balaban J connectivity index is 1.67. The number of nitrogens with one attached hydrogen (secondary N) is 1. The van der Waals surface area contributed by atoms with Crippen molar-refractivity contribution in [2.24, 2.45) is 0 Å². The van der Waals surface area contributed by atoms with Gasteiger partial charge in [0.05, 0.1) is 23.4 Å². The van der Waals surface area contributed by atoms with Gasteiger partial charge < -0.3 is 19.7 Å². The highest BCUT2D eigenvalue weighted by molar-refractivity contribution is 5.94. The molecule has 1 fully saturated rings. The van der Waals surface area contributed by atoms with Crippen LogP contribution < -0.4 is 10.1 Å². The molecule has 3 rings (SSSR count). The Morgan fingerprint density at radius 1 is 1.08 bits per heavy atom. The molecule has 0 radical (unpaired) electrons. The Labute approximate surface area is 210 Å². The molecule has 0 bridgehead atoms. The van der Waals surface area contributed by atoms with Crippen LogP contribution in [0.5, 0.6) is 5.75 Å². The van der Waals surface area contributed by atoms with E-state index >= 15 is 0 Å². The molecule has 2 aromatic rings. The lowest BCUT2D eigenvalue weighted by Crippen LogP contribution is -2.42. The minimum absolute atomic E-state index is 0.0698. The van der Waals surface area contributed by atoms with Crippen LogP contribution in [0.4, 0.5) is 26.7 Å². The quantitative estimate of drug-likeness (QED) is 0.393. The number of likely N-dealkylation sites (tertiary alicyclic amines) is 1. The van der Waals surface area contributed by atoms with Gasteiger partial charge in [-0.3, -0.25) is 9.78 Å². The van der Waals surface area contributed by atoms with Crippen molar-refractivity contribution in [1.29, 1.82) is 0 Å². The number of carbonyl (C=O) groups excluding carboxylic acids is 2. The summed E-state index contributed by atoms with van der Waals surface area (Å²) in [6.45, 7) is 4.57. The van der Waals surface area contributed by atoms with E-state index in [0.717, 1.165) is 12.1 Å². The maximum Gasteiger partial charge on any atom is 0.419 e. The number of amides is 2. The van der Waals surface area contributed by atoms with Gasteiger partial charge in [-0.05, 0) is 51.1 Å². The maximum absolute atomic E-state index is 13.7. The predicted octanol–water partition coefficient (Wildman–Crippen LogP) is 5.54. The Hall–Kier alpha value is -3.44. The highest BCUT2D eigenvalue weighted by Gasteiger charge is 2.36. The topological polar surface area (TPSA) is 80.8 Å². The number of rotatable bonds is 6. The van der Waals surface area contributed by atoms with Crippen LogP contribution in [-0.2, 0) is 10.9 Å². The number of nitrogens with zero attached hydrogens (tertiary/aromatic N) is 2. The number of benzene rings is 1. The summed E-state index contributed by atoms with van der Waals surface area (Å²) in [4.78, 5) is 29.6. The number of pyridine rings is 1. The molecule has 1 saturated heterocycles. The zero-order valence-corrected chi connectivity index (χ0v) is 20.6. The lowest BCUT2D eigenvalue weighted by molar-refractivity contribution is -0.138. The van der Waals surface area contributed by atoms with Gasteiger partial charge >= 0.3 is 12.3 Å². The van der Waals surface area contributed by atoms with E-state index in [9.17, 15) is 31.5 Å². The lowest BCUT2D eigenvalue weighted by atomic mass is 10.0. The number of ether oxygens (including phenoxy) is 2. The van der Waals surface area contributed by atoms with E-state index in [1.54, 1.807) is 20.8 Å². The van der Waals surface area contributed by atoms with Gasteiger partial charge in [0.2, 0.25) is 0 Å². The van der Waals surface area contributed by atoms with E-state index in [4.69, 9.17) is 9.47 Å². The van der Waals surface area contributed by atoms with Crippen molar-refractivity contribution < 1.29 is 41.0 Å². The minimum Gasteiger partial charge on any atom is -0.491 e.